The van der Waals surface area contributed by atoms with Crippen LogP contribution in [0, 0.1) is 0 Å². The van der Waals surface area contributed by atoms with Crippen LogP contribution in [0.1, 0.15) is 0 Å². The van der Waals surface area contributed by atoms with Crippen molar-refractivity contribution in [3.63, 3.8) is 0 Å². The molecule has 11 heteroatoms. The van der Waals surface area contributed by atoms with Crippen LogP contribution >= 0.6 is 0 Å². The molecule has 0 spiro atoms. The quantitative estimate of drug-likeness (QED) is 0.110. The van der Waals surface area contributed by atoms with Gasteiger partial charge < -0.3 is 4.40 Å². The van der Waals surface area contributed by atoms with E-state index in [4.69, 9.17) is 24.9 Å². The molecule has 20 aromatic carbocycles. The van der Waals surface area contributed by atoms with E-state index in [0.717, 1.165) is 66.5 Å². The number of hydrogen-bond donors (Lipinski definition) is 0. The largest absolute Gasteiger partial charge is 0.309 e. The zero-order chi connectivity index (χ0) is 86.1. The molecule has 32 rings (SSSR count). The number of rotatable bonds is 0. The van der Waals surface area contributed by atoms with E-state index in [-0.39, 0.29) is 0 Å². The minimum absolute atomic E-state index is 0.550. The first-order valence-electron chi connectivity index (χ1n) is 44.9. The Morgan fingerprint density at radius 3 is 0.826 bits per heavy atom. The maximum absolute atomic E-state index is 5.23. The predicted molar refractivity (Wildman–Crippen MR) is 554 cm³/mol. The highest BCUT2D eigenvalue weighted by molar-refractivity contribution is 6.40. The molecular weight excluding hydrogens is 1610 g/mol. The summed E-state index contributed by atoms with van der Waals surface area (Å²) in [7, 11) is 0. The molecule has 0 atom stereocenters. The average Bonchev–Trinajstić information content (AvgIpc) is 1.41. The zero-order valence-electron chi connectivity index (χ0n) is 70.8. The molecule has 0 saturated carbocycles. The van der Waals surface area contributed by atoms with Gasteiger partial charge in [-0.05, 0) is 182 Å². The van der Waals surface area contributed by atoms with Gasteiger partial charge in [0.15, 0.2) is 22.6 Å². The normalized spacial score (nSPS) is 12.2. The number of para-hydroxylation sites is 7. The number of pyridine rings is 5. The topological polar surface area (TPSA) is 108 Å². The fraction of sp³-hybridized carbons (Fsp3) is 0. The van der Waals surface area contributed by atoms with E-state index < -0.39 is 0 Å². The van der Waals surface area contributed by atoms with Crippen LogP contribution in [0.2, 0.25) is 0 Å². The predicted octanol–water partition coefficient (Wildman–Crippen LogP) is 31.2. The summed E-state index contributed by atoms with van der Waals surface area (Å²) in [6, 6.07) is 146. The zero-order valence-corrected chi connectivity index (χ0v) is 70.8. The van der Waals surface area contributed by atoms with Gasteiger partial charge in [0.05, 0.1) is 66.2 Å². The molecule has 12 heterocycles. The van der Waals surface area contributed by atoms with Crippen LogP contribution < -0.4 is 0 Å². The molecule has 0 N–H and O–H groups in total. The van der Waals surface area contributed by atoms with Gasteiger partial charge in [-0.1, -0.05) is 322 Å². The number of nitrogens with zero attached hydrogens (tertiary/aromatic N) is 11. The molecule has 0 amide bonds. The standard InChI is InChI=1S/C32H19N.C31H18N2.C30H17N3.C28H15N5/c1-2-10-21-18-29-27(17-20(21)9-1)31-25-14-6-4-12-23(25)24-13-5-7-15-26(24)32(31)30-19-22-11-3-8-16-28(22)33(29)30;1-7-15-26-19(9-1)17-25-29-23-13-5-3-11-21(23)22-12-4-6-14-24(22)30(29)28-18-20-10-2-8-16-27(20)33(28)31(25)32-26;1-8-16-25-18(9-1)17-26-27-21-12-4-2-10-19(21)20-11-3-5-13-22(20)28(27)29-30(33(25)26)32-24-15-7-6-14-23(24)31-29;1-6-12-21-16(7-1)15-22-23-19-10-4-2-8-17(19)18-9-3-5-11-20(18)24(23)25-28(33(21)22)32-27-26(31-25)29-13-14-30-27/h1-19H;1-18H;1-17H;1-15H. The number of aromatic nitrogens is 11. The molecule has 0 radical (unpaired) electrons. The van der Waals surface area contributed by atoms with Gasteiger partial charge in [-0.2, -0.15) is 0 Å². The lowest BCUT2D eigenvalue weighted by Gasteiger charge is -2.16. The third kappa shape index (κ3) is 10.3. The van der Waals surface area contributed by atoms with E-state index in [9.17, 15) is 0 Å². The van der Waals surface area contributed by atoms with Gasteiger partial charge in [0.1, 0.15) is 16.7 Å². The van der Waals surface area contributed by atoms with Crippen molar-refractivity contribution in [2.24, 2.45) is 0 Å². The first-order chi connectivity index (χ1) is 65.5. The Balaban J connectivity index is 0.0000000862. The summed E-state index contributed by atoms with van der Waals surface area (Å²) >= 11 is 0. The maximum atomic E-state index is 5.23. The van der Waals surface area contributed by atoms with Gasteiger partial charge in [-0.25, -0.2) is 34.9 Å². The fourth-order valence-electron chi connectivity index (χ4n) is 22.5. The summed E-state index contributed by atoms with van der Waals surface area (Å²) in [5.74, 6) is 0. The molecule has 11 nitrogen and oxygen atoms in total. The highest BCUT2D eigenvalue weighted by atomic mass is 15.1. The second-order valence-electron chi connectivity index (χ2n) is 34.8. The lowest BCUT2D eigenvalue weighted by atomic mass is 9.91. The lowest BCUT2D eigenvalue weighted by molar-refractivity contribution is 1.17. The second-order valence-corrected chi connectivity index (χ2v) is 34.8. The summed E-state index contributed by atoms with van der Waals surface area (Å²) < 4.78 is 9.37. The first-order valence-corrected chi connectivity index (χ1v) is 44.9. The van der Waals surface area contributed by atoms with Crippen molar-refractivity contribution in [2.45, 2.75) is 0 Å². The molecular formula is C121H69N11. The third-order valence-electron chi connectivity index (χ3n) is 27.9. The van der Waals surface area contributed by atoms with E-state index in [2.05, 4.69) is 416 Å². The first kappa shape index (κ1) is 72.3. The summed E-state index contributed by atoms with van der Waals surface area (Å²) in [6.07, 6.45) is 3.33. The monoisotopic (exact) mass is 1680 g/mol. The molecule has 12 aromatic heterocycles. The Labute approximate surface area is 749 Å². The van der Waals surface area contributed by atoms with Gasteiger partial charge in [0.2, 0.25) is 0 Å². The Bertz CT molecular complexity index is 9550. The minimum atomic E-state index is 0.550. The number of hydrogen-bond acceptors (Lipinski definition) is 7. The summed E-state index contributed by atoms with van der Waals surface area (Å²) in [5.41, 5.74) is 19.2. The molecule has 0 aliphatic carbocycles. The maximum Gasteiger partial charge on any atom is 0.199 e. The summed E-state index contributed by atoms with van der Waals surface area (Å²) in [6.45, 7) is 0. The second kappa shape index (κ2) is 27.8. The molecule has 0 unspecified atom stereocenters. The van der Waals surface area contributed by atoms with Crippen molar-refractivity contribution in [3.05, 3.63) is 419 Å². The van der Waals surface area contributed by atoms with Gasteiger partial charge in [-0.15, -0.1) is 0 Å². The van der Waals surface area contributed by atoms with E-state index in [1.54, 1.807) is 12.4 Å². The lowest BCUT2D eigenvalue weighted by Crippen LogP contribution is -2.00. The Morgan fingerprint density at radius 1 is 0.144 bits per heavy atom. The van der Waals surface area contributed by atoms with E-state index >= 15 is 0 Å². The minimum Gasteiger partial charge on any atom is -0.309 e. The highest BCUT2D eigenvalue weighted by Crippen LogP contribution is 2.50. The van der Waals surface area contributed by atoms with Crippen LogP contribution in [-0.2, 0) is 0 Å². The number of benzene rings is 20. The van der Waals surface area contributed by atoms with Crippen molar-refractivity contribution >= 4 is 283 Å². The smallest absolute Gasteiger partial charge is 0.199 e. The molecule has 608 valence electrons. The van der Waals surface area contributed by atoms with Gasteiger partial charge in [0, 0.05) is 93.2 Å². The molecule has 0 aliphatic heterocycles. The summed E-state index contributed by atoms with van der Waals surface area (Å²) in [4.78, 5) is 34.6. The van der Waals surface area contributed by atoms with Crippen LogP contribution in [0.4, 0.5) is 0 Å². The SMILES string of the molecule is c1ccc2c(c1)cc1c3c4ccccc4c4ccccc4c3c3nc4ccccc4nc3n21.c1ccc2c(c1)cc1c3c4ccccc4c4ccccc4c3c3nc4nccnc4nc3n21.c1ccc2cc3c(cc2c1)c1c2ccccc2c2ccccc2c1c1cc2ccccc2n31.c1ccc2nc3c(cc2c1)c1c2ccccc2c2ccccc2c1c1cc2ccccc2n13. The average molecular weight is 1680 g/mol. The molecule has 0 saturated heterocycles. The van der Waals surface area contributed by atoms with Crippen LogP contribution in [0.25, 0.3) is 283 Å². The van der Waals surface area contributed by atoms with E-state index in [0.29, 0.717) is 11.3 Å². The van der Waals surface area contributed by atoms with Crippen molar-refractivity contribution in [2.75, 3.05) is 0 Å². The van der Waals surface area contributed by atoms with Gasteiger partial charge in [0.25, 0.3) is 0 Å². The molecule has 0 aliphatic rings. The molecule has 132 heavy (non-hydrogen) atoms. The van der Waals surface area contributed by atoms with Crippen molar-refractivity contribution < 1.29 is 0 Å². The Morgan fingerprint density at radius 2 is 0.402 bits per heavy atom. The van der Waals surface area contributed by atoms with Crippen LogP contribution in [0.15, 0.2) is 419 Å². The van der Waals surface area contributed by atoms with Crippen molar-refractivity contribution in [1.29, 1.82) is 0 Å². The van der Waals surface area contributed by atoms with Crippen molar-refractivity contribution in [3.8, 4) is 0 Å². The fourth-order valence-corrected chi connectivity index (χ4v) is 22.5. The van der Waals surface area contributed by atoms with Crippen LogP contribution in [0.5, 0.6) is 0 Å². The molecule has 0 fully saturated rings. The third-order valence-corrected chi connectivity index (χ3v) is 27.9. The van der Waals surface area contributed by atoms with Crippen LogP contribution in [-0.4, -0.2) is 52.5 Å². The Hall–Kier alpha value is -17.9. The van der Waals surface area contributed by atoms with E-state index in [1.807, 2.05) is 18.2 Å². The number of fused-ring (bicyclic) bond motifs is 56. The molecule has 0 bridgehead atoms. The van der Waals surface area contributed by atoms with Gasteiger partial charge in [-0.3, -0.25) is 13.2 Å². The Kier molecular flexibility index (Phi) is 15.2. The van der Waals surface area contributed by atoms with Gasteiger partial charge >= 0.3 is 0 Å². The highest BCUT2D eigenvalue weighted by Gasteiger charge is 2.26. The van der Waals surface area contributed by atoms with Crippen LogP contribution in [0.3, 0.4) is 0 Å². The molecule has 32 aromatic rings. The van der Waals surface area contributed by atoms with Crippen molar-refractivity contribution in [1.82, 2.24) is 52.5 Å². The summed E-state index contributed by atoms with van der Waals surface area (Å²) in [5, 5.41) is 41.3. The van der Waals surface area contributed by atoms with E-state index in [1.165, 1.54) is 205 Å².